The van der Waals surface area contributed by atoms with E-state index in [2.05, 4.69) is 5.32 Å². The Hall–Kier alpha value is -1.84. The Bertz CT molecular complexity index is 423. The average molecular weight is 277 g/mol. The highest BCUT2D eigenvalue weighted by Crippen LogP contribution is 2.10. The van der Waals surface area contributed by atoms with E-state index in [4.69, 9.17) is 4.74 Å². The lowest BCUT2D eigenvalue weighted by Crippen LogP contribution is -2.40. The van der Waals surface area contributed by atoms with E-state index in [1.54, 1.807) is 0 Å². The van der Waals surface area contributed by atoms with Gasteiger partial charge in [0.15, 0.2) is 0 Å². The highest BCUT2D eigenvalue weighted by Gasteiger charge is 2.19. The maximum atomic E-state index is 11.8. The zero-order valence-corrected chi connectivity index (χ0v) is 12.4. The van der Waals surface area contributed by atoms with E-state index < -0.39 is 11.7 Å². The normalized spacial score (nSPS) is 12.6. The van der Waals surface area contributed by atoms with Crippen molar-refractivity contribution in [1.29, 1.82) is 0 Å². The maximum absolute atomic E-state index is 11.8. The van der Waals surface area contributed by atoms with Crippen LogP contribution in [0.1, 0.15) is 39.2 Å². The summed E-state index contributed by atoms with van der Waals surface area (Å²) in [6.45, 7) is 5.47. The van der Waals surface area contributed by atoms with Gasteiger partial charge in [0, 0.05) is 12.5 Å². The Labute approximate surface area is 120 Å². The molecule has 0 saturated carbocycles. The summed E-state index contributed by atoms with van der Waals surface area (Å²) >= 11 is 0. The molecule has 1 rings (SSSR count). The fourth-order valence-corrected chi connectivity index (χ4v) is 1.87. The summed E-state index contributed by atoms with van der Waals surface area (Å²) in [4.78, 5) is 22.3. The Morgan fingerprint density at radius 2 is 1.95 bits per heavy atom. The van der Waals surface area contributed by atoms with Crippen molar-refractivity contribution in [2.75, 3.05) is 0 Å². The molecule has 0 aliphatic heterocycles. The van der Waals surface area contributed by atoms with E-state index in [1.807, 2.05) is 51.1 Å². The molecule has 0 spiro atoms. The first-order valence-corrected chi connectivity index (χ1v) is 6.88. The lowest BCUT2D eigenvalue weighted by molar-refractivity contribution is -0.108. The first-order valence-electron chi connectivity index (χ1n) is 6.88. The van der Waals surface area contributed by atoms with Gasteiger partial charge in [-0.2, -0.15) is 0 Å². The molecular weight excluding hydrogens is 254 g/mol. The molecule has 0 saturated heterocycles. The summed E-state index contributed by atoms with van der Waals surface area (Å²) in [5, 5.41) is 2.84. The van der Waals surface area contributed by atoms with Gasteiger partial charge in [-0.15, -0.1) is 0 Å². The second kappa shape index (κ2) is 7.68. The number of rotatable bonds is 6. The smallest absolute Gasteiger partial charge is 0.407 e. The molecule has 0 fully saturated rings. The minimum absolute atomic E-state index is 0.0996. The van der Waals surface area contributed by atoms with Crippen LogP contribution in [0.25, 0.3) is 0 Å². The second-order valence-electron chi connectivity index (χ2n) is 5.78. The van der Waals surface area contributed by atoms with Gasteiger partial charge in [0.2, 0.25) is 0 Å². The van der Waals surface area contributed by atoms with Gasteiger partial charge in [-0.3, -0.25) is 0 Å². The maximum Gasteiger partial charge on any atom is 0.407 e. The van der Waals surface area contributed by atoms with Crippen molar-refractivity contribution in [1.82, 2.24) is 5.32 Å². The number of carbonyl (C=O) groups is 2. The monoisotopic (exact) mass is 277 g/mol. The van der Waals surface area contributed by atoms with Gasteiger partial charge in [0.1, 0.15) is 11.9 Å². The zero-order chi connectivity index (χ0) is 15.0. The molecule has 4 nitrogen and oxygen atoms in total. The lowest BCUT2D eigenvalue weighted by Gasteiger charge is -2.23. The fourth-order valence-electron chi connectivity index (χ4n) is 1.87. The molecule has 1 aromatic carbocycles. The van der Waals surface area contributed by atoms with Crippen LogP contribution in [0.3, 0.4) is 0 Å². The molecule has 110 valence electrons. The number of aldehydes is 1. The first-order chi connectivity index (χ1) is 9.40. The van der Waals surface area contributed by atoms with E-state index in [9.17, 15) is 9.59 Å². The first kappa shape index (κ1) is 16.2. The molecule has 1 N–H and O–H groups in total. The minimum atomic E-state index is -0.522. The van der Waals surface area contributed by atoms with Crippen molar-refractivity contribution in [3.8, 4) is 0 Å². The van der Waals surface area contributed by atoms with E-state index in [-0.39, 0.29) is 6.04 Å². The van der Waals surface area contributed by atoms with E-state index in [0.717, 1.165) is 11.8 Å². The fraction of sp³-hybridized carbons (Fsp3) is 0.500. The van der Waals surface area contributed by atoms with Crippen molar-refractivity contribution in [2.45, 2.75) is 51.7 Å². The molecule has 1 amide bonds. The lowest BCUT2D eigenvalue weighted by atomic mass is 10.0. The summed E-state index contributed by atoms with van der Waals surface area (Å²) in [6, 6.07) is 9.78. The third kappa shape index (κ3) is 6.92. The van der Waals surface area contributed by atoms with Gasteiger partial charge in [-0.1, -0.05) is 30.3 Å². The van der Waals surface area contributed by atoms with Crippen LogP contribution < -0.4 is 5.32 Å². The van der Waals surface area contributed by atoms with Gasteiger partial charge in [-0.25, -0.2) is 4.79 Å². The Morgan fingerprint density at radius 3 is 2.50 bits per heavy atom. The second-order valence-corrected chi connectivity index (χ2v) is 5.78. The molecule has 0 bridgehead atoms. The summed E-state index contributed by atoms with van der Waals surface area (Å²) < 4.78 is 5.25. The Balaban J connectivity index is 2.60. The van der Waals surface area contributed by atoms with Crippen LogP contribution in [-0.2, 0) is 16.0 Å². The number of ether oxygens (including phenoxy) is 1. The van der Waals surface area contributed by atoms with Gasteiger partial charge in [-0.05, 0) is 39.2 Å². The number of hydrogen-bond donors (Lipinski definition) is 1. The topological polar surface area (TPSA) is 55.4 Å². The van der Waals surface area contributed by atoms with E-state index in [1.165, 1.54) is 0 Å². The van der Waals surface area contributed by atoms with Gasteiger partial charge in [0.05, 0.1) is 0 Å². The summed E-state index contributed by atoms with van der Waals surface area (Å²) in [6.07, 6.45) is 2.15. The van der Waals surface area contributed by atoms with Gasteiger partial charge in [0.25, 0.3) is 0 Å². The molecule has 1 atom stereocenters. The van der Waals surface area contributed by atoms with Crippen LogP contribution in [0.5, 0.6) is 0 Å². The van der Waals surface area contributed by atoms with Crippen molar-refractivity contribution in [3.05, 3.63) is 35.9 Å². The number of hydrogen-bond acceptors (Lipinski definition) is 3. The van der Waals surface area contributed by atoms with Gasteiger partial charge < -0.3 is 14.8 Å². The van der Waals surface area contributed by atoms with Crippen LogP contribution in [0.15, 0.2) is 30.3 Å². The number of alkyl carbamates (subject to hydrolysis) is 1. The quantitative estimate of drug-likeness (QED) is 0.813. The molecule has 0 aromatic heterocycles. The Kier molecular flexibility index (Phi) is 6.22. The van der Waals surface area contributed by atoms with Crippen LogP contribution in [0.4, 0.5) is 4.79 Å². The third-order valence-electron chi connectivity index (χ3n) is 2.68. The third-order valence-corrected chi connectivity index (χ3v) is 2.68. The molecule has 20 heavy (non-hydrogen) atoms. The SMILES string of the molecule is CC(C)(C)OC(=O)N[C@@H](CCC=O)Cc1ccccc1. The van der Waals surface area contributed by atoms with Crippen LogP contribution >= 0.6 is 0 Å². The molecule has 4 heteroatoms. The molecule has 1 aromatic rings. The predicted octanol–water partition coefficient (Wildman–Crippen LogP) is 3.10. The molecule has 0 radical (unpaired) electrons. The predicted molar refractivity (Wildman–Crippen MR) is 78.6 cm³/mol. The summed E-state index contributed by atoms with van der Waals surface area (Å²) in [5.74, 6) is 0. The zero-order valence-electron chi connectivity index (χ0n) is 12.4. The van der Waals surface area contributed by atoms with Crippen LogP contribution in [0.2, 0.25) is 0 Å². The highest BCUT2D eigenvalue weighted by molar-refractivity contribution is 5.68. The highest BCUT2D eigenvalue weighted by atomic mass is 16.6. The van der Waals surface area contributed by atoms with Crippen LogP contribution in [-0.4, -0.2) is 24.0 Å². The van der Waals surface area contributed by atoms with E-state index in [0.29, 0.717) is 19.3 Å². The van der Waals surface area contributed by atoms with Crippen molar-refractivity contribution >= 4 is 12.4 Å². The largest absolute Gasteiger partial charge is 0.444 e. The Morgan fingerprint density at radius 1 is 1.30 bits per heavy atom. The molecule has 0 aliphatic carbocycles. The standard InChI is InChI=1S/C16H23NO3/c1-16(2,3)20-15(19)17-14(10-7-11-18)12-13-8-5-4-6-9-13/h4-6,8-9,11,14H,7,10,12H2,1-3H3,(H,17,19)/t14-/m0/s1. The number of carbonyl (C=O) groups excluding carboxylic acids is 2. The van der Waals surface area contributed by atoms with Crippen molar-refractivity contribution in [3.63, 3.8) is 0 Å². The van der Waals surface area contributed by atoms with Crippen LogP contribution in [0, 0.1) is 0 Å². The molecule has 0 unspecified atom stereocenters. The molecule has 0 heterocycles. The van der Waals surface area contributed by atoms with Crippen molar-refractivity contribution in [2.24, 2.45) is 0 Å². The summed E-state index contributed by atoms with van der Waals surface area (Å²) in [5.41, 5.74) is 0.603. The number of amides is 1. The average Bonchev–Trinajstić information content (AvgIpc) is 2.35. The number of nitrogens with one attached hydrogen (secondary N) is 1. The minimum Gasteiger partial charge on any atom is -0.444 e. The van der Waals surface area contributed by atoms with E-state index >= 15 is 0 Å². The van der Waals surface area contributed by atoms with Gasteiger partial charge >= 0.3 is 6.09 Å². The molecular formula is C16H23NO3. The molecule has 0 aliphatic rings. The number of benzene rings is 1. The summed E-state index contributed by atoms with van der Waals surface area (Å²) in [7, 11) is 0. The van der Waals surface area contributed by atoms with Crippen molar-refractivity contribution < 1.29 is 14.3 Å².